The Morgan fingerprint density at radius 1 is 1.80 bits per heavy atom. The lowest BCUT2D eigenvalue weighted by Crippen LogP contribution is -2.26. The van der Waals surface area contributed by atoms with Gasteiger partial charge in [0.25, 0.3) is 0 Å². The van der Waals surface area contributed by atoms with E-state index in [2.05, 4.69) is 10.6 Å². The average molecular weight is 141 g/mol. The van der Waals surface area contributed by atoms with E-state index in [1.807, 2.05) is 6.92 Å². The summed E-state index contributed by atoms with van der Waals surface area (Å²) >= 11 is 0. The highest BCUT2D eigenvalue weighted by Crippen LogP contribution is 2.06. The molecule has 1 rings (SSSR count). The van der Waals surface area contributed by atoms with Crippen LogP contribution in [0.25, 0.3) is 0 Å². The van der Waals surface area contributed by atoms with Gasteiger partial charge in [-0.15, -0.1) is 0 Å². The summed E-state index contributed by atoms with van der Waals surface area (Å²) in [6.07, 6.45) is 0.961. The standard InChI is InChI=1S/C7H13N2O/c1-2-9-7(10)6-3-4-8-5-6/h6,8H,2-5H2,1H3. The van der Waals surface area contributed by atoms with Crippen LogP contribution in [0.1, 0.15) is 13.3 Å². The first-order valence-electron chi connectivity index (χ1n) is 3.76. The van der Waals surface area contributed by atoms with Gasteiger partial charge >= 0.3 is 0 Å². The Balaban J connectivity index is 2.25. The zero-order chi connectivity index (χ0) is 7.40. The lowest BCUT2D eigenvalue weighted by molar-refractivity contribution is -0.124. The van der Waals surface area contributed by atoms with Crippen molar-refractivity contribution in [3.8, 4) is 0 Å². The van der Waals surface area contributed by atoms with Crippen LogP contribution in [0.15, 0.2) is 0 Å². The van der Waals surface area contributed by atoms with Crippen molar-refractivity contribution in [2.75, 3.05) is 19.6 Å². The molecule has 0 aromatic rings. The number of rotatable bonds is 2. The number of carbonyl (C=O) groups excluding carboxylic acids is 1. The van der Waals surface area contributed by atoms with Crippen LogP contribution in [-0.4, -0.2) is 25.5 Å². The number of hydrogen-bond acceptors (Lipinski definition) is 2. The molecular weight excluding hydrogens is 128 g/mol. The second-order valence-corrected chi connectivity index (χ2v) is 2.50. The Hall–Kier alpha value is -0.570. The summed E-state index contributed by atoms with van der Waals surface area (Å²) in [5.41, 5.74) is 0. The highest BCUT2D eigenvalue weighted by molar-refractivity contribution is 5.78. The topological polar surface area (TPSA) is 43.2 Å². The molecule has 1 aliphatic heterocycles. The lowest BCUT2D eigenvalue weighted by atomic mass is 10.1. The van der Waals surface area contributed by atoms with Gasteiger partial charge in [-0.1, -0.05) is 0 Å². The van der Waals surface area contributed by atoms with E-state index in [4.69, 9.17) is 0 Å². The Bertz CT molecular complexity index is 119. The summed E-state index contributed by atoms with van der Waals surface area (Å²) in [7, 11) is 0. The third kappa shape index (κ3) is 1.70. The molecule has 0 aromatic heterocycles. The van der Waals surface area contributed by atoms with Gasteiger partial charge in [-0.25, -0.2) is 0 Å². The maximum atomic E-state index is 11.0. The Labute approximate surface area is 61.2 Å². The van der Waals surface area contributed by atoms with Crippen LogP contribution in [0, 0.1) is 5.92 Å². The first-order chi connectivity index (χ1) is 4.84. The van der Waals surface area contributed by atoms with Crippen LogP contribution in [0.4, 0.5) is 0 Å². The van der Waals surface area contributed by atoms with E-state index >= 15 is 0 Å². The minimum absolute atomic E-state index is 0.0764. The van der Waals surface area contributed by atoms with Crippen molar-refractivity contribution >= 4 is 5.91 Å². The molecule has 1 N–H and O–H groups in total. The number of hydrogen-bond donors (Lipinski definition) is 1. The normalized spacial score (nSPS) is 24.7. The molecule has 0 bridgehead atoms. The van der Waals surface area contributed by atoms with Crippen molar-refractivity contribution in [1.82, 2.24) is 10.6 Å². The molecule has 1 fully saturated rings. The van der Waals surface area contributed by atoms with Crippen LogP contribution in [0.3, 0.4) is 0 Å². The SMILES string of the molecule is CC[N]C(=O)C1CCNC1. The molecule has 0 saturated carbocycles. The van der Waals surface area contributed by atoms with Gasteiger partial charge in [0.2, 0.25) is 5.91 Å². The molecule has 10 heavy (non-hydrogen) atoms. The van der Waals surface area contributed by atoms with Crippen molar-refractivity contribution in [3.05, 3.63) is 0 Å². The van der Waals surface area contributed by atoms with Gasteiger partial charge in [0.15, 0.2) is 0 Å². The van der Waals surface area contributed by atoms with Crippen molar-refractivity contribution in [2.45, 2.75) is 13.3 Å². The van der Waals surface area contributed by atoms with Crippen LogP contribution < -0.4 is 10.6 Å². The molecule has 1 amide bonds. The van der Waals surface area contributed by atoms with E-state index in [0.29, 0.717) is 6.54 Å². The maximum Gasteiger partial charge on any atom is 0.245 e. The maximum absolute atomic E-state index is 11.0. The van der Waals surface area contributed by atoms with Gasteiger partial charge in [-0.2, -0.15) is 0 Å². The molecule has 0 aliphatic carbocycles. The smallest absolute Gasteiger partial charge is 0.245 e. The third-order valence-corrected chi connectivity index (χ3v) is 1.72. The molecule has 1 unspecified atom stereocenters. The summed E-state index contributed by atoms with van der Waals surface area (Å²) < 4.78 is 0. The highest BCUT2D eigenvalue weighted by Gasteiger charge is 2.21. The molecule has 1 saturated heterocycles. The molecule has 1 heterocycles. The second kappa shape index (κ2) is 3.56. The van der Waals surface area contributed by atoms with Crippen molar-refractivity contribution in [1.29, 1.82) is 0 Å². The first-order valence-corrected chi connectivity index (χ1v) is 3.76. The lowest BCUT2D eigenvalue weighted by Gasteiger charge is -2.03. The van der Waals surface area contributed by atoms with E-state index in [1.165, 1.54) is 0 Å². The quantitative estimate of drug-likeness (QED) is 0.576. The molecule has 3 heteroatoms. The van der Waals surface area contributed by atoms with Gasteiger partial charge in [0.1, 0.15) is 0 Å². The van der Waals surface area contributed by atoms with Crippen molar-refractivity contribution in [3.63, 3.8) is 0 Å². The predicted octanol–water partition coefficient (Wildman–Crippen LogP) is -0.253. The molecule has 1 radical (unpaired) electrons. The van der Waals surface area contributed by atoms with Crippen LogP contribution in [0.5, 0.6) is 0 Å². The van der Waals surface area contributed by atoms with Crippen LogP contribution in [0.2, 0.25) is 0 Å². The zero-order valence-corrected chi connectivity index (χ0v) is 6.26. The minimum Gasteiger partial charge on any atom is -0.316 e. The fraction of sp³-hybridized carbons (Fsp3) is 0.857. The van der Waals surface area contributed by atoms with Gasteiger partial charge in [0, 0.05) is 13.1 Å². The predicted molar refractivity (Wildman–Crippen MR) is 38.7 cm³/mol. The van der Waals surface area contributed by atoms with Gasteiger partial charge < -0.3 is 5.32 Å². The van der Waals surface area contributed by atoms with Gasteiger partial charge in [-0.3, -0.25) is 10.1 Å². The summed E-state index contributed by atoms with van der Waals surface area (Å²) in [6, 6.07) is 0. The molecule has 1 atom stereocenters. The van der Waals surface area contributed by atoms with Crippen molar-refractivity contribution in [2.24, 2.45) is 5.92 Å². The second-order valence-electron chi connectivity index (χ2n) is 2.50. The Morgan fingerprint density at radius 3 is 3.10 bits per heavy atom. The van der Waals surface area contributed by atoms with Gasteiger partial charge in [-0.05, 0) is 19.9 Å². The van der Waals surface area contributed by atoms with Crippen molar-refractivity contribution < 1.29 is 4.79 Å². The minimum atomic E-state index is 0.0764. The first kappa shape index (κ1) is 7.54. The zero-order valence-electron chi connectivity index (χ0n) is 6.26. The van der Waals surface area contributed by atoms with E-state index in [0.717, 1.165) is 19.5 Å². The van der Waals surface area contributed by atoms with Crippen LogP contribution in [-0.2, 0) is 4.79 Å². The fourth-order valence-corrected chi connectivity index (χ4v) is 1.15. The number of amides is 1. The van der Waals surface area contributed by atoms with Gasteiger partial charge in [0.05, 0.1) is 5.92 Å². The molecular formula is C7H13N2O. The summed E-state index contributed by atoms with van der Waals surface area (Å²) in [5.74, 6) is 0.243. The number of nitrogens with one attached hydrogen (secondary N) is 1. The van der Waals surface area contributed by atoms with E-state index in [-0.39, 0.29) is 11.8 Å². The molecule has 1 aliphatic rings. The Morgan fingerprint density at radius 2 is 2.60 bits per heavy atom. The average Bonchev–Trinajstić information content (AvgIpc) is 2.38. The summed E-state index contributed by atoms with van der Waals surface area (Å²) in [4.78, 5) is 11.0. The molecule has 3 nitrogen and oxygen atoms in total. The molecule has 57 valence electrons. The van der Waals surface area contributed by atoms with E-state index < -0.39 is 0 Å². The van der Waals surface area contributed by atoms with E-state index in [1.54, 1.807) is 0 Å². The molecule has 0 spiro atoms. The third-order valence-electron chi connectivity index (χ3n) is 1.72. The Kier molecular flexibility index (Phi) is 2.68. The summed E-state index contributed by atoms with van der Waals surface area (Å²) in [6.45, 7) is 4.30. The highest BCUT2D eigenvalue weighted by atomic mass is 16.1. The fourth-order valence-electron chi connectivity index (χ4n) is 1.15. The largest absolute Gasteiger partial charge is 0.316 e. The van der Waals surface area contributed by atoms with Crippen LogP contribution >= 0.6 is 0 Å². The number of carbonyl (C=O) groups is 1. The summed E-state index contributed by atoms with van der Waals surface area (Å²) in [5, 5.41) is 6.96. The van der Waals surface area contributed by atoms with E-state index in [9.17, 15) is 4.79 Å². The molecule has 0 aromatic carbocycles. The number of nitrogens with zero attached hydrogens (tertiary/aromatic N) is 1. The monoisotopic (exact) mass is 141 g/mol.